The van der Waals surface area contributed by atoms with Crippen LogP contribution in [0, 0.1) is 9.39 Å². The predicted octanol–water partition coefficient (Wildman–Crippen LogP) is 2.40. The zero-order chi connectivity index (χ0) is 17.1. The monoisotopic (exact) mass is 438 g/mol. The van der Waals surface area contributed by atoms with E-state index in [4.69, 9.17) is 5.73 Å². The second-order valence-corrected chi connectivity index (χ2v) is 7.18. The molecule has 6 nitrogen and oxygen atoms in total. The van der Waals surface area contributed by atoms with Crippen molar-refractivity contribution in [2.75, 3.05) is 5.32 Å². The van der Waals surface area contributed by atoms with Gasteiger partial charge in [-0.15, -0.1) is 0 Å². The summed E-state index contributed by atoms with van der Waals surface area (Å²) in [5.41, 5.74) is 6.31. The number of fused-ring (bicyclic) bond motifs is 2. The molecule has 1 aromatic heterocycles. The number of carbonyl (C=O) groups excluding carboxylic acids is 2. The maximum absolute atomic E-state index is 14.1. The lowest BCUT2D eigenvalue weighted by Crippen LogP contribution is -2.26. The summed E-state index contributed by atoms with van der Waals surface area (Å²) in [7, 11) is 0. The normalized spacial score (nSPS) is 16.7. The first kappa shape index (κ1) is 15.3. The van der Waals surface area contributed by atoms with Crippen molar-refractivity contribution >= 4 is 45.8 Å². The molecule has 1 aromatic carbocycles. The summed E-state index contributed by atoms with van der Waals surface area (Å²) in [5, 5.41) is 5.72. The van der Waals surface area contributed by atoms with Crippen LogP contribution in [0.3, 0.4) is 0 Å². The molecule has 2 heterocycles. The van der Waals surface area contributed by atoms with E-state index >= 15 is 0 Å². The average Bonchev–Trinajstić information content (AvgIpc) is 3.24. The maximum Gasteiger partial charge on any atom is 0.269 e. The Labute approximate surface area is 150 Å². The van der Waals surface area contributed by atoms with Gasteiger partial charge in [0, 0.05) is 3.57 Å². The zero-order valence-electron chi connectivity index (χ0n) is 12.3. The molecule has 1 aliphatic carbocycles. The van der Waals surface area contributed by atoms with Gasteiger partial charge >= 0.3 is 0 Å². The molecule has 0 radical (unpaired) electrons. The minimum absolute atomic E-state index is 0.00512. The molecular formula is C16H12FIN4O2. The molecule has 8 heteroatoms. The molecule has 1 spiro atoms. The molecular weight excluding hydrogens is 426 g/mol. The number of anilines is 2. The third-order valence-corrected chi connectivity index (χ3v) is 4.93. The number of nitrogens with zero attached hydrogens (tertiary/aromatic N) is 1. The number of aromatic nitrogens is 1. The van der Waals surface area contributed by atoms with Gasteiger partial charge in [0.25, 0.3) is 11.8 Å². The highest BCUT2D eigenvalue weighted by atomic mass is 127. The van der Waals surface area contributed by atoms with Crippen LogP contribution in [0.4, 0.5) is 15.8 Å². The van der Waals surface area contributed by atoms with E-state index in [1.165, 1.54) is 12.1 Å². The smallest absolute Gasteiger partial charge is 0.269 e. The molecule has 2 amide bonds. The largest absolute Gasteiger partial charge is 0.364 e. The fourth-order valence-electron chi connectivity index (χ4n) is 2.90. The number of halogens is 2. The maximum atomic E-state index is 14.1. The molecule has 4 rings (SSSR count). The number of nitrogens with two attached hydrogens (primary N) is 1. The minimum Gasteiger partial charge on any atom is -0.364 e. The summed E-state index contributed by atoms with van der Waals surface area (Å²) < 4.78 is 14.8. The molecule has 0 bridgehead atoms. The lowest BCUT2D eigenvalue weighted by atomic mass is 10.1. The van der Waals surface area contributed by atoms with Gasteiger partial charge in [0.1, 0.15) is 5.82 Å². The number of primary amides is 1. The Kier molecular flexibility index (Phi) is 3.27. The number of hydrogen-bond donors (Lipinski definition) is 3. The van der Waals surface area contributed by atoms with E-state index in [9.17, 15) is 14.0 Å². The Hall–Kier alpha value is -2.23. The van der Waals surface area contributed by atoms with Crippen molar-refractivity contribution in [1.29, 1.82) is 0 Å². The van der Waals surface area contributed by atoms with Crippen molar-refractivity contribution in [1.82, 2.24) is 10.3 Å². The summed E-state index contributed by atoms with van der Waals surface area (Å²) in [5.74, 6) is -1.44. The number of amides is 2. The minimum atomic E-state index is -0.735. The first-order chi connectivity index (χ1) is 11.4. The third kappa shape index (κ3) is 2.32. The molecule has 0 atom stereocenters. The number of nitrogens with one attached hydrogen (secondary N) is 2. The number of hydrogen-bond acceptors (Lipinski definition) is 4. The van der Waals surface area contributed by atoms with E-state index < -0.39 is 17.3 Å². The van der Waals surface area contributed by atoms with Crippen LogP contribution in [0.25, 0.3) is 0 Å². The molecule has 122 valence electrons. The second kappa shape index (κ2) is 5.13. The predicted molar refractivity (Wildman–Crippen MR) is 93.5 cm³/mol. The van der Waals surface area contributed by atoms with Crippen LogP contribution in [-0.4, -0.2) is 16.8 Å². The molecule has 1 fully saturated rings. The topological polar surface area (TPSA) is 97.1 Å². The van der Waals surface area contributed by atoms with Crippen molar-refractivity contribution in [2.45, 2.75) is 18.4 Å². The Balaban J connectivity index is 1.82. The summed E-state index contributed by atoms with van der Waals surface area (Å²) >= 11 is 2.00. The summed E-state index contributed by atoms with van der Waals surface area (Å²) in [6.07, 6.45) is 1.57. The Morgan fingerprint density at radius 3 is 2.71 bits per heavy atom. The van der Waals surface area contributed by atoms with Crippen molar-refractivity contribution in [3.05, 3.63) is 50.6 Å². The summed E-state index contributed by atoms with van der Waals surface area (Å²) in [6.45, 7) is 0. The van der Waals surface area contributed by atoms with Crippen molar-refractivity contribution in [2.24, 2.45) is 5.73 Å². The van der Waals surface area contributed by atoms with Gasteiger partial charge in [-0.05, 0) is 59.7 Å². The number of benzene rings is 1. The summed E-state index contributed by atoms with van der Waals surface area (Å²) in [4.78, 5) is 28.2. The first-order valence-corrected chi connectivity index (χ1v) is 8.37. The van der Waals surface area contributed by atoms with Crippen LogP contribution in [0.15, 0.2) is 24.3 Å². The van der Waals surface area contributed by atoms with Crippen LogP contribution >= 0.6 is 22.6 Å². The zero-order valence-corrected chi connectivity index (χ0v) is 14.5. The highest BCUT2D eigenvalue weighted by Crippen LogP contribution is 2.50. The van der Waals surface area contributed by atoms with E-state index in [-0.39, 0.29) is 23.0 Å². The first-order valence-electron chi connectivity index (χ1n) is 7.29. The second-order valence-electron chi connectivity index (χ2n) is 5.93. The van der Waals surface area contributed by atoms with Gasteiger partial charge in [-0.3, -0.25) is 9.59 Å². The third-order valence-electron chi connectivity index (χ3n) is 4.26. The van der Waals surface area contributed by atoms with E-state index in [1.807, 2.05) is 22.6 Å². The standard InChI is InChI=1S/C16H12FIN4O2/c17-9-5-7(18)1-2-10(9)20-11-6-8-13(21-12(11)14(19)23)16(3-4-16)22-15(8)24/h1-2,5-6,20H,3-4H2,(H2,19,23)(H,22,24). The van der Waals surface area contributed by atoms with Gasteiger partial charge in [-0.1, -0.05) is 0 Å². The highest BCUT2D eigenvalue weighted by molar-refractivity contribution is 14.1. The van der Waals surface area contributed by atoms with Crippen molar-refractivity contribution < 1.29 is 14.0 Å². The number of carbonyl (C=O) groups is 2. The molecule has 4 N–H and O–H groups in total. The molecule has 1 aliphatic heterocycles. The van der Waals surface area contributed by atoms with Gasteiger partial charge in [-0.2, -0.15) is 0 Å². The molecule has 0 saturated heterocycles. The van der Waals surface area contributed by atoms with Crippen LogP contribution in [0.1, 0.15) is 39.4 Å². The lowest BCUT2D eigenvalue weighted by Gasteiger charge is -2.13. The molecule has 24 heavy (non-hydrogen) atoms. The van der Waals surface area contributed by atoms with Crippen LogP contribution in [0.5, 0.6) is 0 Å². The molecule has 0 unspecified atom stereocenters. The SMILES string of the molecule is NC(=O)c1nc2c(cc1Nc1ccc(I)cc1F)C(=O)NC21CC1. The van der Waals surface area contributed by atoms with Gasteiger partial charge in [-0.25, -0.2) is 9.37 Å². The van der Waals surface area contributed by atoms with Crippen LogP contribution < -0.4 is 16.4 Å². The van der Waals surface area contributed by atoms with E-state index in [0.29, 0.717) is 11.3 Å². The van der Waals surface area contributed by atoms with Crippen LogP contribution in [-0.2, 0) is 5.54 Å². The van der Waals surface area contributed by atoms with Gasteiger partial charge in [0.15, 0.2) is 5.69 Å². The van der Waals surface area contributed by atoms with Crippen molar-refractivity contribution in [3.8, 4) is 0 Å². The quantitative estimate of drug-likeness (QED) is 0.642. The Morgan fingerprint density at radius 1 is 1.33 bits per heavy atom. The molecule has 2 aromatic rings. The molecule has 2 aliphatic rings. The van der Waals surface area contributed by atoms with Crippen molar-refractivity contribution in [3.63, 3.8) is 0 Å². The summed E-state index contributed by atoms with van der Waals surface area (Å²) in [6, 6.07) is 6.15. The molecule has 1 saturated carbocycles. The highest BCUT2D eigenvalue weighted by Gasteiger charge is 2.54. The van der Waals surface area contributed by atoms with E-state index in [2.05, 4.69) is 15.6 Å². The number of pyridine rings is 1. The van der Waals surface area contributed by atoms with Crippen LogP contribution in [0.2, 0.25) is 0 Å². The Bertz CT molecular complexity index is 911. The fraction of sp³-hybridized carbons (Fsp3) is 0.188. The van der Waals surface area contributed by atoms with Gasteiger partial charge in [0.05, 0.1) is 28.2 Å². The number of rotatable bonds is 3. The van der Waals surface area contributed by atoms with E-state index in [1.54, 1.807) is 12.1 Å². The Morgan fingerprint density at radius 2 is 2.08 bits per heavy atom. The average molecular weight is 438 g/mol. The van der Waals surface area contributed by atoms with E-state index in [0.717, 1.165) is 16.4 Å². The fourth-order valence-corrected chi connectivity index (χ4v) is 3.35. The van der Waals surface area contributed by atoms with Gasteiger partial charge < -0.3 is 16.4 Å². The van der Waals surface area contributed by atoms with Gasteiger partial charge in [0.2, 0.25) is 0 Å². The lowest BCUT2D eigenvalue weighted by molar-refractivity contribution is 0.0951.